The van der Waals surface area contributed by atoms with Gasteiger partial charge in [-0.1, -0.05) is 41.9 Å². The largest absolute Gasteiger partial charge is 0.491 e. The Labute approximate surface area is 125 Å². The van der Waals surface area contributed by atoms with Crippen molar-refractivity contribution in [1.82, 2.24) is 5.32 Å². The lowest BCUT2D eigenvalue weighted by Crippen LogP contribution is -2.15. The number of rotatable bonds is 6. The first-order valence-corrected chi connectivity index (χ1v) is 7.22. The van der Waals surface area contributed by atoms with E-state index in [1.54, 1.807) is 0 Å². The molecular weight excluding hydrogens is 270 g/mol. The molecule has 1 N–H and O–H groups in total. The second kappa shape index (κ2) is 7.32. The molecule has 0 spiro atoms. The topological polar surface area (TPSA) is 21.3 Å². The molecule has 0 heterocycles. The van der Waals surface area contributed by atoms with Gasteiger partial charge in [0.25, 0.3) is 0 Å². The third-order valence-electron chi connectivity index (χ3n) is 2.87. The molecule has 2 nitrogen and oxygen atoms in total. The molecule has 2 aromatic rings. The summed E-state index contributed by atoms with van der Waals surface area (Å²) in [5, 5.41) is 4.15. The van der Waals surface area contributed by atoms with Crippen molar-refractivity contribution in [3.8, 4) is 5.75 Å². The third kappa shape index (κ3) is 4.55. The number of benzene rings is 2. The van der Waals surface area contributed by atoms with E-state index in [0.717, 1.165) is 29.4 Å². The standard InChI is InChI=1S/C17H20ClNO/c1-13(2)20-17-9-8-16(18)10-15(17)12-19-11-14-6-4-3-5-7-14/h3-10,13,19H,11-12H2,1-2H3. The maximum Gasteiger partial charge on any atom is 0.124 e. The van der Waals surface area contributed by atoms with Crippen molar-refractivity contribution in [2.75, 3.05) is 0 Å². The van der Waals surface area contributed by atoms with Gasteiger partial charge >= 0.3 is 0 Å². The van der Waals surface area contributed by atoms with Gasteiger partial charge in [-0.25, -0.2) is 0 Å². The van der Waals surface area contributed by atoms with E-state index in [-0.39, 0.29) is 6.10 Å². The van der Waals surface area contributed by atoms with Crippen LogP contribution in [0.25, 0.3) is 0 Å². The van der Waals surface area contributed by atoms with Gasteiger partial charge in [0, 0.05) is 23.7 Å². The SMILES string of the molecule is CC(C)Oc1ccc(Cl)cc1CNCc1ccccc1. The van der Waals surface area contributed by atoms with E-state index in [1.807, 2.05) is 50.2 Å². The maximum absolute atomic E-state index is 6.07. The van der Waals surface area contributed by atoms with E-state index >= 15 is 0 Å². The lowest BCUT2D eigenvalue weighted by atomic mass is 10.2. The summed E-state index contributed by atoms with van der Waals surface area (Å²) in [5.74, 6) is 0.893. The number of halogens is 1. The molecule has 0 fully saturated rings. The normalized spacial score (nSPS) is 10.8. The van der Waals surface area contributed by atoms with Gasteiger partial charge < -0.3 is 10.1 Å². The Bertz CT molecular complexity index is 540. The van der Waals surface area contributed by atoms with Gasteiger partial charge in [-0.05, 0) is 37.6 Å². The highest BCUT2D eigenvalue weighted by Gasteiger charge is 2.06. The Kier molecular flexibility index (Phi) is 5.45. The van der Waals surface area contributed by atoms with Gasteiger partial charge in [0.1, 0.15) is 5.75 Å². The van der Waals surface area contributed by atoms with Gasteiger partial charge in [0.05, 0.1) is 6.10 Å². The summed E-state index contributed by atoms with van der Waals surface area (Å²) in [4.78, 5) is 0. The summed E-state index contributed by atoms with van der Waals surface area (Å²) in [6.45, 7) is 5.61. The summed E-state index contributed by atoms with van der Waals surface area (Å²) < 4.78 is 5.80. The summed E-state index contributed by atoms with van der Waals surface area (Å²) in [5.41, 5.74) is 2.35. The lowest BCUT2D eigenvalue weighted by Gasteiger charge is -2.15. The van der Waals surface area contributed by atoms with Crippen LogP contribution >= 0.6 is 11.6 Å². The zero-order chi connectivity index (χ0) is 14.4. The van der Waals surface area contributed by atoms with Crippen molar-refractivity contribution in [3.63, 3.8) is 0 Å². The van der Waals surface area contributed by atoms with Gasteiger partial charge in [-0.2, -0.15) is 0 Å². The zero-order valence-electron chi connectivity index (χ0n) is 11.9. The molecule has 0 bridgehead atoms. The monoisotopic (exact) mass is 289 g/mol. The van der Waals surface area contributed by atoms with Crippen LogP contribution < -0.4 is 10.1 Å². The average Bonchev–Trinajstić information content (AvgIpc) is 2.42. The van der Waals surface area contributed by atoms with E-state index in [1.165, 1.54) is 5.56 Å². The van der Waals surface area contributed by atoms with Crippen LogP contribution in [0.15, 0.2) is 48.5 Å². The van der Waals surface area contributed by atoms with E-state index in [0.29, 0.717) is 0 Å². The van der Waals surface area contributed by atoms with Gasteiger partial charge in [-0.3, -0.25) is 0 Å². The van der Waals surface area contributed by atoms with Crippen LogP contribution in [0.3, 0.4) is 0 Å². The van der Waals surface area contributed by atoms with Crippen LogP contribution in [0.2, 0.25) is 5.02 Å². The van der Waals surface area contributed by atoms with Crippen molar-refractivity contribution in [1.29, 1.82) is 0 Å². The van der Waals surface area contributed by atoms with Crippen LogP contribution in [-0.4, -0.2) is 6.10 Å². The van der Waals surface area contributed by atoms with Crippen molar-refractivity contribution in [2.45, 2.75) is 33.0 Å². The molecule has 0 saturated heterocycles. The van der Waals surface area contributed by atoms with Crippen LogP contribution in [0.4, 0.5) is 0 Å². The minimum atomic E-state index is 0.157. The zero-order valence-corrected chi connectivity index (χ0v) is 12.7. The number of nitrogens with one attached hydrogen (secondary N) is 1. The Hall–Kier alpha value is -1.51. The van der Waals surface area contributed by atoms with Crippen LogP contribution in [0, 0.1) is 0 Å². The van der Waals surface area contributed by atoms with Gasteiger partial charge in [0.2, 0.25) is 0 Å². The molecule has 20 heavy (non-hydrogen) atoms. The van der Waals surface area contributed by atoms with Crippen LogP contribution in [0.1, 0.15) is 25.0 Å². The summed E-state index contributed by atoms with van der Waals surface area (Å²) in [6, 6.07) is 16.1. The highest BCUT2D eigenvalue weighted by Crippen LogP contribution is 2.24. The highest BCUT2D eigenvalue weighted by molar-refractivity contribution is 6.30. The first-order valence-electron chi connectivity index (χ1n) is 6.85. The molecular formula is C17H20ClNO. The molecule has 3 heteroatoms. The highest BCUT2D eigenvalue weighted by atomic mass is 35.5. The molecule has 0 aliphatic rings. The van der Waals surface area contributed by atoms with Crippen molar-refractivity contribution < 1.29 is 4.74 Å². The van der Waals surface area contributed by atoms with E-state index in [9.17, 15) is 0 Å². The Morgan fingerprint density at radius 3 is 2.50 bits per heavy atom. The summed E-state index contributed by atoms with van der Waals surface area (Å²) in [6.07, 6.45) is 0.157. The second-order valence-electron chi connectivity index (χ2n) is 5.01. The quantitative estimate of drug-likeness (QED) is 0.850. The first kappa shape index (κ1) is 14.9. The second-order valence-corrected chi connectivity index (χ2v) is 5.44. The Morgan fingerprint density at radius 2 is 1.80 bits per heavy atom. The molecule has 0 aliphatic heterocycles. The number of hydrogen-bond acceptors (Lipinski definition) is 2. The Balaban J connectivity index is 1.99. The minimum absolute atomic E-state index is 0.157. The fraction of sp³-hybridized carbons (Fsp3) is 0.294. The average molecular weight is 290 g/mol. The molecule has 2 aromatic carbocycles. The predicted molar refractivity (Wildman–Crippen MR) is 84.2 cm³/mol. The fourth-order valence-corrected chi connectivity index (χ4v) is 2.19. The molecule has 0 aromatic heterocycles. The Morgan fingerprint density at radius 1 is 1.05 bits per heavy atom. The number of ether oxygens (including phenoxy) is 1. The van der Waals surface area contributed by atoms with E-state index < -0.39 is 0 Å². The molecule has 2 rings (SSSR count). The maximum atomic E-state index is 6.07. The molecule has 0 atom stereocenters. The minimum Gasteiger partial charge on any atom is -0.491 e. The molecule has 0 unspecified atom stereocenters. The predicted octanol–water partition coefficient (Wildman–Crippen LogP) is 4.42. The third-order valence-corrected chi connectivity index (χ3v) is 3.11. The van der Waals surface area contributed by atoms with E-state index in [4.69, 9.17) is 16.3 Å². The van der Waals surface area contributed by atoms with Gasteiger partial charge in [-0.15, -0.1) is 0 Å². The van der Waals surface area contributed by atoms with Gasteiger partial charge in [0.15, 0.2) is 0 Å². The van der Waals surface area contributed by atoms with Crippen molar-refractivity contribution in [2.24, 2.45) is 0 Å². The summed E-state index contributed by atoms with van der Waals surface area (Å²) in [7, 11) is 0. The number of hydrogen-bond donors (Lipinski definition) is 1. The van der Waals surface area contributed by atoms with Crippen molar-refractivity contribution >= 4 is 11.6 Å². The molecule has 0 radical (unpaired) electrons. The molecule has 106 valence electrons. The first-order chi connectivity index (χ1) is 9.65. The molecule has 0 amide bonds. The van der Waals surface area contributed by atoms with Crippen molar-refractivity contribution in [3.05, 3.63) is 64.7 Å². The lowest BCUT2D eigenvalue weighted by molar-refractivity contribution is 0.239. The summed E-state index contributed by atoms with van der Waals surface area (Å²) >= 11 is 6.07. The van der Waals surface area contributed by atoms with Crippen LogP contribution in [0.5, 0.6) is 5.75 Å². The smallest absolute Gasteiger partial charge is 0.124 e. The molecule has 0 aliphatic carbocycles. The van der Waals surface area contributed by atoms with Crippen LogP contribution in [-0.2, 0) is 13.1 Å². The van der Waals surface area contributed by atoms with E-state index in [2.05, 4.69) is 17.4 Å². The molecule has 0 saturated carbocycles. The fourth-order valence-electron chi connectivity index (χ4n) is 1.99.